The third-order valence-electron chi connectivity index (χ3n) is 0.357. The van der Waals surface area contributed by atoms with Gasteiger partial charge in [0.15, 0.2) is 6.09 Å². The molecule has 0 rings (SSSR count). The van der Waals surface area contributed by atoms with E-state index in [1.165, 1.54) is 6.61 Å². The number of rotatable bonds is 2. The maximum Gasteiger partial charge on any atom is 0.194 e. The number of hydrogen-bond acceptors (Lipinski definition) is 2. The molecular formula is C6H15NO2Y15-2. The first kappa shape index (κ1) is 126. The van der Waals surface area contributed by atoms with Crippen molar-refractivity contribution in [1.29, 1.82) is 0 Å². The number of hydrogen-bond donors (Lipinski definition) is 0. The summed E-state index contributed by atoms with van der Waals surface area (Å²) >= 11 is 0. The Bertz CT molecular complexity index is 87.0. The molecule has 0 fully saturated rings. The summed E-state index contributed by atoms with van der Waals surface area (Å²) in [5.41, 5.74) is 6.19. The monoisotopic (exact) mass is 1470 g/mol. The van der Waals surface area contributed by atoms with Crippen molar-refractivity contribution in [2.45, 2.75) is 28.2 Å². The Balaban J connectivity index is -0.00000000132. The van der Waals surface area contributed by atoms with Crippen LogP contribution in [-0.2, 0) is 495 Å². The number of nitrogens with one attached hydrogen (secondary N) is 1. The van der Waals surface area contributed by atoms with Crippen molar-refractivity contribution in [2.24, 2.45) is 0 Å². The molecule has 0 aromatic rings. The molecule has 0 spiro atoms. The van der Waals surface area contributed by atoms with Crippen molar-refractivity contribution in [3.05, 3.63) is 12.3 Å². The molecule has 0 heterocycles. The summed E-state index contributed by atoms with van der Waals surface area (Å²) in [5.74, 6) is 0. The number of amides is 1. The molecule has 3 nitrogen and oxygen atoms in total. The van der Waals surface area contributed by atoms with Crippen LogP contribution in [-0.4, -0.2) is 6.09 Å². The van der Waals surface area contributed by atoms with E-state index in [4.69, 9.17) is 5.73 Å². The van der Waals surface area contributed by atoms with Crippen LogP contribution in [0.4, 0.5) is 4.79 Å². The van der Waals surface area contributed by atoms with E-state index in [1.807, 2.05) is 6.92 Å². The zero-order chi connectivity index (χ0) is 5.70. The Kier molecular flexibility index (Phi) is 612. The molecule has 0 aromatic carbocycles. The molecule has 0 aliphatic heterocycles. The van der Waals surface area contributed by atoms with Gasteiger partial charge in [-0.05, 0) is 0 Å². The summed E-state index contributed by atoms with van der Waals surface area (Å²) < 4.78 is 4.09. The fraction of sp³-hybridized carbons (Fsp3) is 0.667. The van der Waals surface area contributed by atoms with Crippen molar-refractivity contribution in [3.8, 4) is 0 Å². The van der Waals surface area contributed by atoms with Crippen LogP contribution in [0.25, 0.3) is 5.73 Å². The van der Waals surface area contributed by atoms with E-state index in [1.54, 1.807) is 0 Å². The zero-order valence-corrected chi connectivity index (χ0v) is 55.3. The zero-order valence-electron chi connectivity index (χ0n) is 12.8. The van der Waals surface area contributed by atoms with Crippen molar-refractivity contribution in [3.63, 3.8) is 0 Å². The molecule has 0 saturated carbocycles. The maximum atomic E-state index is 9.62. The van der Waals surface area contributed by atoms with Crippen molar-refractivity contribution >= 4 is 6.09 Å². The SMILES string of the molecule is C.C.CC[CH-]OC([NH-])=O.[Y].[Y].[Y].[Y].[Y].[Y].[Y].[Y].[Y].[Y].[Y].[Y].[Y].[Y].[Y]. The van der Waals surface area contributed by atoms with Gasteiger partial charge in [0.1, 0.15) is 0 Å². The maximum absolute atomic E-state index is 9.62. The minimum absolute atomic E-state index is 0. The van der Waals surface area contributed by atoms with Gasteiger partial charge in [-0.2, -0.15) is 6.61 Å². The molecular weight excluding hydrogens is 1450 g/mol. The van der Waals surface area contributed by atoms with Gasteiger partial charge in [-0.15, -0.1) is 6.42 Å². The molecule has 0 atom stereocenters. The molecule has 1 N–H and O–H groups in total. The predicted molar refractivity (Wildman–Crippen MR) is 38.9 cm³/mol. The summed E-state index contributed by atoms with van der Waals surface area (Å²) in [4.78, 5) is 9.62. The second kappa shape index (κ2) is 117. The van der Waals surface area contributed by atoms with Crippen LogP contribution in [0.15, 0.2) is 0 Å². The fourth-order valence-corrected chi connectivity index (χ4v) is 0.159. The normalized spacial score (nSPS) is 2.38. The summed E-state index contributed by atoms with van der Waals surface area (Å²) in [6.07, 6.45) is -0.341. The van der Waals surface area contributed by atoms with E-state index < -0.39 is 6.09 Å². The smallest absolute Gasteiger partial charge is 0.194 e. The Hall–Kier alpha value is 15.8. The van der Waals surface area contributed by atoms with Gasteiger partial charge < -0.3 is 10.5 Å². The molecule has 18 heteroatoms. The largest absolute Gasteiger partial charge is 0.650 e. The van der Waals surface area contributed by atoms with Gasteiger partial charge in [-0.1, -0.05) is 21.8 Å². The van der Waals surface area contributed by atoms with E-state index >= 15 is 0 Å². The van der Waals surface area contributed by atoms with Gasteiger partial charge in [0.25, 0.3) is 0 Å². The second-order valence-electron chi connectivity index (χ2n) is 0.980. The van der Waals surface area contributed by atoms with Crippen LogP contribution in [0.2, 0.25) is 0 Å². The van der Waals surface area contributed by atoms with Crippen molar-refractivity contribution < 1.29 is 500 Å². The van der Waals surface area contributed by atoms with E-state index in [9.17, 15) is 4.79 Å². The average molecular weight is 1470 g/mol. The molecule has 103 valence electrons. The van der Waals surface area contributed by atoms with Gasteiger partial charge >= 0.3 is 0 Å². The van der Waals surface area contributed by atoms with Gasteiger partial charge in [0.2, 0.25) is 0 Å². The van der Waals surface area contributed by atoms with Gasteiger partial charge in [0, 0.05) is 491 Å². The molecule has 0 aliphatic rings. The van der Waals surface area contributed by atoms with Crippen LogP contribution in [0.5, 0.6) is 0 Å². The molecule has 0 unspecified atom stereocenters. The van der Waals surface area contributed by atoms with Crippen molar-refractivity contribution in [2.75, 3.05) is 0 Å². The van der Waals surface area contributed by atoms with Crippen LogP contribution >= 0.6 is 0 Å². The Labute approximate surface area is 528 Å². The van der Waals surface area contributed by atoms with Crippen molar-refractivity contribution in [1.82, 2.24) is 0 Å². The second-order valence-corrected chi connectivity index (χ2v) is 0.980. The Morgan fingerprint density at radius 2 is 0.833 bits per heavy atom. The minimum Gasteiger partial charge on any atom is -0.650 e. The number of carbonyl (C=O) groups excluding carboxylic acids is 1. The molecule has 0 aromatic heterocycles. The van der Waals surface area contributed by atoms with E-state index in [0.29, 0.717) is 6.42 Å². The summed E-state index contributed by atoms with van der Waals surface area (Å²) in [6, 6.07) is 0. The molecule has 0 aliphatic carbocycles. The number of ether oxygens (including phenoxy) is 1. The first-order chi connectivity index (χ1) is 3.27. The quantitative estimate of drug-likeness (QED) is 0.400. The van der Waals surface area contributed by atoms with Gasteiger partial charge in [-0.25, -0.2) is 0 Å². The predicted octanol–water partition coefficient (Wildman–Crippen LogP) is 2.98. The molecule has 0 saturated heterocycles. The van der Waals surface area contributed by atoms with E-state index in [2.05, 4.69) is 4.74 Å². The van der Waals surface area contributed by atoms with E-state index in [0.717, 1.165) is 0 Å². The molecule has 0 bridgehead atoms. The summed E-state index contributed by atoms with van der Waals surface area (Å²) in [6.45, 7) is 3.11. The Morgan fingerprint density at radius 3 is 0.875 bits per heavy atom. The van der Waals surface area contributed by atoms with E-state index in [-0.39, 0.29) is 505 Å². The third-order valence-corrected chi connectivity index (χ3v) is 0.357. The first-order valence-electron chi connectivity index (χ1n) is 2.01. The first-order valence-corrected chi connectivity index (χ1v) is 2.01. The summed E-state index contributed by atoms with van der Waals surface area (Å²) in [5, 5.41) is 0. The molecule has 24 heavy (non-hydrogen) atoms. The van der Waals surface area contributed by atoms with Crippen LogP contribution in [0, 0.1) is 6.61 Å². The standard InChI is InChI=1S/C4H8NO2.2CH4.15Y/c1-2-3-7-4(5)6;;;;;;;;;;;;;;;;;/h3H,2H2,1H3,(H2,5,6);2*1H4;;;;;;;;;;;;;;;/q-1;;;;;;;;;;;;;;;;;/p-1. The fourth-order valence-electron chi connectivity index (χ4n) is 0.159. The number of carbonyl (C=O) groups is 1. The van der Waals surface area contributed by atoms with Crippen LogP contribution < -0.4 is 0 Å². The third kappa shape index (κ3) is 130. The van der Waals surface area contributed by atoms with Gasteiger partial charge in [0.05, 0.1) is 0 Å². The minimum atomic E-state index is -0.998. The topological polar surface area (TPSA) is 50.1 Å². The summed E-state index contributed by atoms with van der Waals surface area (Å²) in [7, 11) is 0. The molecule has 15 radical (unpaired) electrons. The average Bonchev–Trinajstić information content (AvgIpc) is 1.61. The molecule has 1 amide bonds. The van der Waals surface area contributed by atoms with Crippen LogP contribution in [0.1, 0.15) is 28.2 Å². The van der Waals surface area contributed by atoms with Gasteiger partial charge in [-0.3, -0.25) is 4.79 Å². The van der Waals surface area contributed by atoms with Crippen LogP contribution in [0.3, 0.4) is 0 Å². The Morgan fingerprint density at radius 1 is 0.667 bits per heavy atom.